The zero-order chi connectivity index (χ0) is 12.0. The Balaban J connectivity index is 2.53. The Hall–Kier alpha value is -0.690. The van der Waals surface area contributed by atoms with Crippen LogP contribution in [-0.2, 0) is 4.79 Å². The molecule has 0 saturated carbocycles. The van der Waals surface area contributed by atoms with Gasteiger partial charge < -0.3 is 0 Å². The van der Waals surface area contributed by atoms with E-state index in [0.717, 1.165) is 5.56 Å². The van der Waals surface area contributed by atoms with Crippen LogP contribution in [0.3, 0.4) is 0 Å². The van der Waals surface area contributed by atoms with E-state index in [2.05, 4.69) is 16.8 Å². The number of pyridine rings is 1. The molecule has 16 heavy (non-hydrogen) atoms. The van der Waals surface area contributed by atoms with Crippen molar-refractivity contribution in [2.24, 2.45) is 0 Å². The van der Waals surface area contributed by atoms with Crippen LogP contribution in [0.25, 0.3) is 0 Å². The molecule has 1 heterocycles. The summed E-state index contributed by atoms with van der Waals surface area (Å²) in [4.78, 5) is 14.5. The summed E-state index contributed by atoms with van der Waals surface area (Å²) in [5, 5.41) is 0.765. The summed E-state index contributed by atoms with van der Waals surface area (Å²) in [5.74, 6) is 6.56. The number of aromatic nitrogens is 1. The van der Waals surface area contributed by atoms with Crippen molar-refractivity contribution in [3.8, 4) is 11.8 Å². The highest BCUT2D eigenvalue weighted by Gasteiger charge is 1.96. The van der Waals surface area contributed by atoms with E-state index in [-0.39, 0.29) is 5.12 Å². The normalized spacial score (nSPS) is 9.44. The van der Waals surface area contributed by atoms with Crippen LogP contribution in [0.5, 0.6) is 0 Å². The Morgan fingerprint density at radius 3 is 2.62 bits per heavy atom. The second-order valence-corrected chi connectivity index (χ2v) is 4.94. The molecule has 5 heteroatoms. The van der Waals surface area contributed by atoms with Gasteiger partial charge in [-0.25, -0.2) is 4.98 Å². The van der Waals surface area contributed by atoms with Gasteiger partial charge in [0, 0.05) is 24.7 Å². The second-order valence-electron chi connectivity index (χ2n) is 2.89. The third-order valence-corrected chi connectivity index (χ3v) is 2.73. The van der Waals surface area contributed by atoms with E-state index in [1.165, 1.54) is 11.8 Å². The van der Waals surface area contributed by atoms with Crippen LogP contribution >= 0.6 is 35.0 Å². The van der Waals surface area contributed by atoms with Gasteiger partial charge in [0.05, 0.1) is 0 Å². The van der Waals surface area contributed by atoms with Gasteiger partial charge in [-0.1, -0.05) is 46.8 Å². The largest absolute Gasteiger partial charge is 0.288 e. The molecule has 0 amide bonds. The molecule has 1 aromatic heterocycles. The van der Waals surface area contributed by atoms with Crippen molar-refractivity contribution in [2.75, 3.05) is 5.75 Å². The first kappa shape index (κ1) is 13.4. The first-order valence-corrected chi connectivity index (χ1v) is 6.27. The Labute approximate surface area is 109 Å². The molecule has 0 saturated heterocycles. The summed E-state index contributed by atoms with van der Waals surface area (Å²) in [6.07, 6.45) is 0.655. The fourth-order valence-corrected chi connectivity index (χ4v) is 1.90. The van der Waals surface area contributed by atoms with Gasteiger partial charge in [0.1, 0.15) is 10.3 Å². The lowest BCUT2D eigenvalue weighted by Crippen LogP contribution is -1.84. The topological polar surface area (TPSA) is 30.0 Å². The van der Waals surface area contributed by atoms with Crippen molar-refractivity contribution in [2.45, 2.75) is 13.3 Å². The van der Waals surface area contributed by atoms with E-state index >= 15 is 0 Å². The van der Waals surface area contributed by atoms with Gasteiger partial charge in [-0.3, -0.25) is 4.79 Å². The maximum Gasteiger partial charge on any atom is 0.185 e. The average molecular weight is 274 g/mol. The Morgan fingerprint density at radius 1 is 1.44 bits per heavy atom. The quantitative estimate of drug-likeness (QED) is 0.470. The lowest BCUT2D eigenvalue weighted by molar-refractivity contribution is -0.109. The van der Waals surface area contributed by atoms with Crippen molar-refractivity contribution in [3.63, 3.8) is 0 Å². The maximum atomic E-state index is 10.6. The number of rotatable bonds is 2. The van der Waals surface area contributed by atoms with Crippen molar-refractivity contribution in [3.05, 3.63) is 28.0 Å². The van der Waals surface area contributed by atoms with E-state index in [1.807, 2.05) is 0 Å². The average Bonchev–Trinajstić information content (AvgIpc) is 2.15. The van der Waals surface area contributed by atoms with Crippen molar-refractivity contribution < 1.29 is 4.79 Å². The zero-order valence-corrected chi connectivity index (χ0v) is 10.9. The molecule has 0 radical (unpaired) electrons. The third kappa shape index (κ3) is 5.41. The minimum absolute atomic E-state index is 0.108. The number of hydrogen-bond donors (Lipinski definition) is 0. The lowest BCUT2D eigenvalue weighted by Gasteiger charge is -1.93. The summed E-state index contributed by atoms with van der Waals surface area (Å²) in [6, 6.07) is 3.30. The first-order chi connectivity index (χ1) is 7.58. The standard InChI is InChI=1S/C11H9Cl2NOS/c1-8(15)16-5-3-2-4-9-6-10(12)14-11(13)7-9/h6-7H,3,5H2,1H3. The van der Waals surface area contributed by atoms with Gasteiger partial charge in [-0.2, -0.15) is 0 Å². The second kappa shape index (κ2) is 6.80. The smallest absolute Gasteiger partial charge is 0.185 e. The zero-order valence-electron chi connectivity index (χ0n) is 8.59. The number of nitrogens with zero attached hydrogens (tertiary/aromatic N) is 1. The maximum absolute atomic E-state index is 10.6. The van der Waals surface area contributed by atoms with Crippen LogP contribution in [-0.4, -0.2) is 15.9 Å². The number of hydrogen-bond acceptors (Lipinski definition) is 3. The molecule has 0 aliphatic heterocycles. The summed E-state index contributed by atoms with van der Waals surface area (Å²) >= 11 is 12.7. The fourth-order valence-electron chi connectivity index (χ4n) is 0.947. The van der Waals surface area contributed by atoms with Gasteiger partial charge in [-0.15, -0.1) is 0 Å². The minimum Gasteiger partial charge on any atom is -0.288 e. The molecule has 0 unspecified atom stereocenters. The van der Waals surface area contributed by atoms with E-state index in [0.29, 0.717) is 22.5 Å². The number of thioether (sulfide) groups is 1. The van der Waals surface area contributed by atoms with E-state index < -0.39 is 0 Å². The minimum atomic E-state index is 0.108. The summed E-state index contributed by atoms with van der Waals surface area (Å²) in [7, 11) is 0. The van der Waals surface area contributed by atoms with Gasteiger partial charge in [0.25, 0.3) is 0 Å². The highest BCUT2D eigenvalue weighted by atomic mass is 35.5. The molecule has 0 fully saturated rings. The molecule has 0 spiro atoms. The van der Waals surface area contributed by atoms with E-state index in [9.17, 15) is 4.79 Å². The van der Waals surface area contributed by atoms with Crippen LogP contribution in [0.1, 0.15) is 18.9 Å². The predicted octanol–water partition coefficient (Wildman–Crippen LogP) is 3.41. The molecular weight excluding hydrogens is 265 g/mol. The molecule has 1 rings (SSSR count). The van der Waals surface area contributed by atoms with Crippen molar-refractivity contribution in [1.29, 1.82) is 0 Å². The SMILES string of the molecule is CC(=O)SCCC#Cc1cc(Cl)nc(Cl)c1. The van der Waals surface area contributed by atoms with Crippen LogP contribution in [0, 0.1) is 11.8 Å². The number of carbonyl (C=O) groups excluding carboxylic acids is 1. The molecule has 2 nitrogen and oxygen atoms in total. The van der Waals surface area contributed by atoms with Crippen molar-refractivity contribution >= 4 is 40.1 Å². The third-order valence-electron chi connectivity index (χ3n) is 1.53. The monoisotopic (exact) mass is 273 g/mol. The summed E-state index contributed by atoms with van der Waals surface area (Å²) in [6.45, 7) is 1.54. The molecular formula is C11H9Cl2NOS. The molecule has 1 aromatic rings. The number of carbonyl (C=O) groups is 1. The Kier molecular flexibility index (Phi) is 5.68. The van der Waals surface area contributed by atoms with Crippen molar-refractivity contribution in [1.82, 2.24) is 4.98 Å². The van der Waals surface area contributed by atoms with Gasteiger partial charge in [0.2, 0.25) is 0 Å². The predicted molar refractivity (Wildman–Crippen MR) is 68.9 cm³/mol. The first-order valence-electron chi connectivity index (χ1n) is 4.53. The van der Waals surface area contributed by atoms with E-state index in [1.54, 1.807) is 19.1 Å². The molecule has 0 bridgehead atoms. The van der Waals surface area contributed by atoms with E-state index in [4.69, 9.17) is 23.2 Å². The van der Waals surface area contributed by atoms with Gasteiger partial charge in [0.15, 0.2) is 5.12 Å². The van der Waals surface area contributed by atoms with Crippen LogP contribution in [0.15, 0.2) is 12.1 Å². The molecule has 0 aliphatic carbocycles. The molecule has 0 N–H and O–H groups in total. The molecule has 84 valence electrons. The lowest BCUT2D eigenvalue weighted by atomic mass is 10.3. The highest BCUT2D eigenvalue weighted by Crippen LogP contribution is 2.13. The molecule has 0 aromatic carbocycles. The number of halogens is 2. The summed E-state index contributed by atoms with van der Waals surface area (Å²) < 4.78 is 0. The fraction of sp³-hybridized carbons (Fsp3) is 0.273. The Morgan fingerprint density at radius 2 is 2.06 bits per heavy atom. The summed E-state index contributed by atoms with van der Waals surface area (Å²) in [5.41, 5.74) is 0.734. The highest BCUT2D eigenvalue weighted by molar-refractivity contribution is 8.13. The van der Waals surface area contributed by atoms with Gasteiger partial charge in [-0.05, 0) is 12.1 Å². The van der Waals surface area contributed by atoms with Crippen LogP contribution in [0.2, 0.25) is 10.3 Å². The molecule has 0 atom stereocenters. The molecule has 0 aliphatic rings. The van der Waals surface area contributed by atoms with Crippen LogP contribution < -0.4 is 0 Å². The van der Waals surface area contributed by atoms with Crippen LogP contribution in [0.4, 0.5) is 0 Å². The Bertz CT molecular complexity index is 431. The van der Waals surface area contributed by atoms with Gasteiger partial charge >= 0.3 is 0 Å².